The lowest BCUT2D eigenvalue weighted by molar-refractivity contribution is 0.0698. The molecule has 8 nitrogen and oxygen atoms in total. The van der Waals surface area contributed by atoms with Crippen molar-refractivity contribution < 1.29 is 9.90 Å². The second-order valence-electron chi connectivity index (χ2n) is 7.33. The van der Waals surface area contributed by atoms with Gasteiger partial charge in [-0.3, -0.25) is 0 Å². The zero-order chi connectivity index (χ0) is 19.3. The van der Waals surface area contributed by atoms with Crippen molar-refractivity contribution in [1.82, 2.24) is 15.0 Å². The molecule has 0 atom stereocenters. The van der Waals surface area contributed by atoms with E-state index in [0.29, 0.717) is 23.5 Å². The summed E-state index contributed by atoms with van der Waals surface area (Å²) in [5, 5.41) is 12.6. The number of rotatable bonds is 5. The van der Waals surface area contributed by atoms with E-state index in [9.17, 15) is 9.90 Å². The van der Waals surface area contributed by atoms with Crippen molar-refractivity contribution in [3.05, 3.63) is 29.8 Å². The van der Waals surface area contributed by atoms with E-state index in [1.165, 1.54) is 12.8 Å². The second-order valence-corrected chi connectivity index (χ2v) is 7.33. The number of carboxylic acid groups (broad SMARTS) is 1. The van der Waals surface area contributed by atoms with Gasteiger partial charge in [0.15, 0.2) is 0 Å². The van der Waals surface area contributed by atoms with E-state index in [1.807, 2.05) is 0 Å². The van der Waals surface area contributed by atoms with Crippen molar-refractivity contribution >= 4 is 29.5 Å². The molecule has 0 amide bonds. The zero-order valence-electron chi connectivity index (χ0n) is 16.0. The summed E-state index contributed by atoms with van der Waals surface area (Å²) in [5.41, 5.74) is 0.678. The minimum Gasteiger partial charge on any atom is -0.478 e. The Morgan fingerprint density at radius 2 is 1.36 bits per heavy atom. The standard InChI is InChI=1S/C20H26N6O2/c27-17(28)15-9-3-4-10-16(15)21-18-22-19(25-11-5-1-6-12-25)24-20(23-18)26-13-7-2-8-14-26/h3-4,9-10H,1-2,5-8,11-14H2,(H,27,28)(H,21,22,23,24). The number of carboxylic acids is 1. The van der Waals surface area contributed by atoms with Crippen LogP contribution in [0, 0.1) is 0 Å². The molecule has 2 aromatic rings. The van der Waals surface area contributed by atoms with Gasteiger partial charge in [0, 0.05) is 26.2 Å². The summed E-state index contributed by atoms with van der Waals surface area (Å²) in [6.45, 7) is 3.76. The van der Waals surface area contributed by atoms with Gasteiger partial charge in [-0.05, 0) is 50.7 Å². The number of anilines is 4. The van der Waals surface area contributed by atoms with Gasteiger partial charge in [-0.25, -0.2) is 4.79 Å². The number of para-hydroxylation sites is 1. The van der Waals surface area contributed by atoms with Crippen LogP contribution >= 0.6 is 0 Å². The molecule has 0 bridgehead atoms. The Balaban J connectivity index is 1.68. The average molecular weight is 382 g/mol. The first kappa shape index (κ1) is 18.5. The van der Waals surface area contributed by atoms with Gasteiger partial charge in [-0.2, -0.15) is 15.0 Å². The molecule has 2 N–H and O–H groups in total. The molecule has 3 heterocycles. The van der Waals surface area contributed by atoms with Gasteiger partial charge in [0.1, 0.15) is 0 Å². The molecule has 8 heteroatoms. The first-order valence-electron chi connectivity index (χ1n) is 10.1. The average Bonchev–Trinajstić information content (AvgIpc) is 2.75. The number of carbonyl (C=O) groups is 1. The molecule has 0 spiro atoms. The molecule has 1 aromatic carbocycles. The smallest absolute Gasteiger partial charge is 0.337 e. The summed E-state index contributed by atoms with van der Waals surface area (Å²) < 4.78 is 0. The van der Waals surface area contributed by atoms with Crippen LogP contribution in [0.25, 0.3) is 0 Å². The third-order valence-electron chi connectivity index (χ3n) is 5.29. The van der Waals surface area contributed by atoms with Crippen LogP contribution in [0.3, 0.4) is 0 Å². The van der Waals surface area contributed by atoms with Crippen molar-refractivity contribution in [2.75, 3.05) is 41.3 Å². The molecule has 2 aliphatic heterocycles. The van der Waals surface area contributed by atoms with Crippen molar-refractivity contribution in [1.29, 1.82) is 0 Å². The molecule has 2 fully saturated rings. The fourth-order valence-electron chi connectivity index (χ4n) is 3.78. The molecule has 2 saturated heterocycles. The number of aromatic carboxylic acids is 1. The zero-order valence-corrected chi connectivity index (χ0v) is 16.0. The van der Waals surface area contributed by atoms with Crippen LogP contribution in [-0.2, 0) is 0 Å². The number of nitrogens with zero attached hydrogens (tertiary/aromatic N) is 5. The lowest BCUT2D eigenvalue weighted by atomic mass is 10.1. The quantitative estimate of drug-likeness (QED) is 0.813. The first-order chi connectivity index (χ1) is 13.7. The highest BCUT2D eigenvalue weighted by molar-refractivity contribution is 5.94. The normalized spacial score (nSPS) is 17.4. The summed E-state index contributed by atoms with van der Waals surface area (Å²) in [6, 6.07) is 6.81. The predicted octanol–water partition coefficient (Wildman–Crippen LogP) is 3.29. The van der Waals surface area contributed by atoms with Gasteiger partial charge >= 0.3 is 5.97 Å². The lowest BCUT2D eigenvalue weighted by Crippen LogP contribution is -2.34. The molecule has 148 valence electrons. The molecule has 4 rings (SSSR count). The van der Waals surface area contributed by atoms with Gasteiger partial charge < -0.3 is 20.2 Å². The fourth-order valence-corrected chi connectivity index (χ4v) is 3.78. The van der Waals surface area contributed by atoms with Gasteiger partial charge in [-0.15, -0.1) is 0 Å². The van der Waals surface area contributed by atoms with Crippen molar-refractivity contribution in [2.45, 2.75) is 38.5 Å². The minimum absolute atomic E-state index is 0.196. The predicted molar refractivity (Wildman–Crippen MR) is 109 cm³/mol. The Bertz CT molecular complexity index is 795. The number of benzene rings is 1. The van der Waals surface area contributed by atoms with E-state index < -0.39 is 5.97 Å². The summed E-state index contributed by atoms with van der Waals surface area (Å²) in [6.07, 6.45) is 7.00. The monoisotopic (exact) mass is 382 g/mol. The summed E-state index contributed by atoms with van der Waals surface area (Å²) in [7, 11) is 0. The third-order valence-corrected chi connectivity index (χ3v) is 5.29. The van der Waals surface area contributed by atoms with Crippen molar-refractivity contribution in [3.8, 4) is 0 Å². The van der Waals surface area contributed by atoms with E-state index in [2.05, 4.69) is 25.1 Å². The van der Waals surface area contributed by atoms with Crippen LogP contribution in [-0.4, -0.2) is 52.2 Å². The van der Waals surface area contributed by atoms with Gasteiger partial charge in [0.05, 0.1) is 11.3 Å². The number of hydrogen-bond donors (Lipinski definition) is 2. The van der Waals surface area contributed by atoms with Crippen LogP contribution < -0.4 is 15.1 Å². The Hall–Kier alpha value is -2.90. The highest BCUT2D eigenvalue weighted by atomic mass is 16.4. The van der Waals surface area contributed by atoms with Gasteiger partial charge in [0.25, 0.3) is 0 Å². The molecule has 0 radical (unpaired) electrons. The van der Waals surface area contributed by atoms with Crippen molar-refractivity contribution in [2.24, 2.45) is 0 Å². The molecule has 2 aliphatic rings. The summed E-state index contributed by atoms with van der Waals surface area (Å²) >= 11 is 0. The number of hydrogen-bond acceptors (Lipinski definition) is 7. The topological polar surface area (TPSA) is 94.5 Å². The molecule has 28 heavy (non-hydrogen) atoms. The largest absolute Gasteiger partial charge is 0.478 e. The fraction of sp³-hybridized carbons (Fsp3) is 0.500. The van der Waals surface area contributed by atoms with Crippen LogP contribution in [0.1, 0.15) is 48.9 Å². The summed E-state index contributed by atoms with van der Waals surface area (Å²) in [4.78, 5) is 29.9. The van der Waals surface area contributed by atoms with Gasteiger partial charge in [-0.1, -0.05) is 12.1 Å². The molecule has 1 aromatic heterocycles. The Labute approximate surface area is 164 Å². The van der Waals surface area contributed by atoms with Crippen LogP contribution in [0.15, 0.2) is 24.3 Å². The third kappa shape index (κ3) is 4.16. The maximum absolute atomic E-state index is 11.5. The Kier molecular flexibility index (Phi) is 5.55. The Morgan fingerprint density at radius 3 is 1.89 bits per heavy atom. The lowest BCUT2D eigenvalue weighted by Gasteiger charge is -2.30. The molecule has 0 aliphatic carbocycles. The molecular weight excluding hydrogens is 356 g/mol. The maximum atomic E-state index is 11.5. The number of nitrogens with one attached hydrogen (secondary N) is 1. The maximum Gasteiger partial charge on any atom is 0.337 e. The molecular formula is C20H26N6O2. The van der Waals surface area contributed by atoms with Crippen molar-refractivity contribution in [3.63, 3.8) is 0 Å². The van der Waals surface area contributed by atoms with Crippen LogP contribution in [0.5, 0.6) is 0 Å². The van der Waals surface area contributed by atoms with E-state index in [0.717, 1.165) is 51.9 Å². The Morgan fingerprint density at radius 1 is 0.821 bits per heavy atom. The summed E-state index contributed by atoms with van der Waals surface area (Å²) in [5.74, 6) is 0.755. The second kappa shape index (κ2) is 8.41. The number of aromatic nitrogens is 3. The molecule has 0 saturated carbocycles. The van der Waals surface area contributed by atoms with E-state index in [-0.39, 0.29) is 5.56 Å². The van der Waals surface area contributed by atoms with Gasteiger partial charge in [0.2, 0.25) is 17.8 Å². The van der Waals surface area contributed by atoms with Crippen LogP contribution in [0.4, 0.5) is 23.5 Å². The molecule has 0 unspecified atom stereocenters. The highest BCUT2D eigenvalue weighted by Gasteiger charge is 2.21. The highest BCUT2D eigenvalue weighted by Crippen LogP contribution is 2.25. The number of piperidine rings is 2. The SMILES string of the molecule is O=C(O)c1ccccc1Nc1nc(N2CCCCC2)nc(N2CCCCC2)n1. The van der Waals surface area contributed by atoms with E-state index >= 15 is 0 Å². The van der Waals surface area contributed by atoms with Crippen LogP contribution in [0.2, 0.25) is 0 Å². The van der Waals surface area contributed by atoms with E-state index in [4.69, 9.17) is 4.98 Å². The first-order valence-corrected chi connectivity index (χ1v) is 10.1. The minimum atomic E-state index is -0.982. The van der Waals surface area contributed by atoms with E-state index in [1.54, 1.807) is 24.3 Å².